The Bertz CT molecular complexity index is 1050. The van der Waals surface area contributed by atoms with Crippen molar-refractivity contribution in [3.8, 4) is 11.5 Å². The number of pyridine rings is 1. The number of nitrogens with one attached hydrogen (secondary N) is 1. The van der Waals surface area contributed by atoms with E-state index < -0.39 is 0 Å². The van der Waals surface area contributed by atoms with Gasteiger partial charge in [0.15, 0.2) is 11.5 Å². The molecule has 1 N–H and O–H groups in total. The second-order valence-corrected chi connectivity index (χ2v) is 6.74. The second-order valence-electron chi connectivity index (χ2n) is 6.31. The van der Waals surface area contributed by atoms with Gasteiger partial charge in [-0.3, -0.25) is 9.20 Å². The van der Waals surface area contributed by atoms with Crippen LogP contribution < -0.4 is 14.9 Å². The van der Waals surface area contributed by atoms with E-state index in [1.165, 1.54) is 0 Å². The molecule has 1 amide bonds. The number of hydrogen-bond donors (Lipinski definition) is 1. The highest BCUT2D eigenvalue weighted by Crippen LogP contribution is 2.28. The highest BCUT2D eigenvalue weighted by molar-refractivity contribution is 6.30. The van der Waals surface area contributed by atoms with Crippen LogP contribution in [0.4, 0.5) is 0 Å². The molecule has 8 heteroatoms. The highest BCUT2D eigenvalue weighted by atomic mass is 35.5. The van der Waals surface area contributed by atoms with Gasteiger partial charge in [0.2, 0.25) is 0 Å². The highest BCUT2D eigenvalue weighted by Gasteiger charge is 2.16. The van der Waals surface area contributed by atoms with Gasteiger partial charge in [-0.05, 0) is 56.2 Å². The summed E-state index contributed by atoms with van der Waals surface area (Å²) in [6.07, 6.45) is 4.11. The average Bonchev–Trinajstić information content (AvgIpc) is 3.02. The molecule has 0 saturated carbocycles. The van der Waals surface area contributed by atoms with Crippen LogP contribution in [0.1, 0.15) is 42.0 Å². The first-order valence-electron chi connectivity index (χ1n) is 9.40. The van der Waals surface area contributed by atoms with Crippen molar-refractivity contribution < 1.29 is 14.3 Å². The number of hydrazone groups is 1. The third kappa shape index (κ3) is 4.86. The Labute approximate surface area is 174 Å². The Morgan fingerprint density at radius 2 is 2.07 bits per heavy atom. The van der Waals surface area contributed by atoms with E-state index in [1.54, 1.807) is 35.9 Å². The Kier molecular flexibility index (Phi) is 6.72. The summed E-state index contributed by atoms with van der Waals surface area (Å²) in [4.78, 5) is 17.0. The molecule has 0 aliphatic rings. The molecular formula is C21H23ClN4O3. The lowest BCUT2D eigenvalue weighted by Gasteiger charge is -2.11. The summed E-state index contributed by atoms with van der Waals surface area (Å²) in [5.74, 6) is 0.957. The van der Waals surface area contributed by atoms with Crippen molar-refractivity contribution >= 4 is 29.4 Å². The van der Waals surface area contributed by atoms with Crippen molar-refractivity contribution in [1.29, 1.82) is 0 Å². The lowest BCUT2D eigenvalue weighted by Crippen LogP contribution is -2.20. The molecule has 0 fully saturated rings. The van der Waals surface area contributed by atoms with Crippen LogP contribution in [0.5, 0.6) is 11.5 Å². The largest absolute Gasteiger partial charge is 0.490 e. The second kappa shape index (κ2) is 9.43. The van der Waals surface area contributed by atoms with E-state index in [0.717, 1.165) is 12.0 Å². The summed E-state index contributed by atoms with van der Waals surface area (Å²) in [5, 5.41) is 4.58. The minimum Gasteiger partial charge on any atom is -0.490 e. The first-order valence-corrected chi connectivity index (χ1v) is 9.78. The minimum atomic E-state index is -0.374. The van der Waals surface area contributed by atoms with Gasteiger partial charge in [0.05, 0.1) is 30.1 Å². The van der Waals surface area contributed by atoms with E-state index in [4.69, 9.17) is 21.1 Å². The molecule has 3 aromatic rings. The molecule has 2 heterocycles. The van der Waals surface area contributed by atoms with E-state index in [9.17, 15) is 4.79 Å². The number of halogens is 1. The lowest BCUT2D eigenvalue weighted by atomic mass is 10.2. The Hall–Kier alpha value is -3.06. The molecule has 0 spiro atoms. The SMILES string of the molecule is CCCOc1ccc(/C=N\NC(=O)c2c(C)nc3ccc(Cl)cn23)cc1OCC. The fourth-order valence-electron chi connectivity index (χ4n) is 2.83. The van der Waals surface area contributed by atoms with Gasteiger partial charge in [0.25, 0.3) is 5.91 Å². The van der Waals surface area contributed by atoms with Crippen LogP contribution in [0, 0.1) is 6.92 Å². The molecular weight excluding hydrogens is 392 g/mol. The Morgan fingerprint density at radius 3 is 2.83 bits per heavy atom. The molecule has 0 atom stereocenters. The molecule has 0 unspecified atom stereocenters. The maximum absolute atomic E-state index is 12.6. The van der Waals surface area contributed by atoms with E-state index in [1.807, 2.05) is 32.0 Å². The molecule has 1 aromatic carbocycles. The average molecular weight is 415 g/mol. The van der Waals surface area contributed by atoms with E-state index >= 15 is 0 Å². The number of benzene rings is 1. The number of ether oxygens (including phenoxy) is 2. The zero-order valence-corrected chi connectivity index (χ0v) is 17.4. The fraction of sp³-hybridized carbons (Fsp3) is 0.286. The van der Waals surface area contributed by atoms with E-state index in [2.05, 4.69) is 15.5 Å². The number of fused-ring (bicyclic) bond motifs is 1. The fourth-order valence-corrected chi connectivity index (χ4v) is 2.99. The van der Waals surface area contributed by atoms with Gasteiger partial charge in [0.1, 0.15) is 11.3 Å². The maximum Gasteiger partial charge on any atom is 0.290 e. The van der Waals surface area contributed by atoms with Gasteiger partial charge in [-0.15, -0.1) is 0 Å². The van der Waals surface area contributed by atoms with Crippen molar-refractivity contribution in [2.45, 2.75) is 27.2 Å². The number of hydrogen-bond acceptors (Lipinski definition) is 5. The molecule has 0 radical (unpaired) electrons. The number of carbonyl (C=O) groups excluding carboxylic acids is 1. The molecule has 0 bridgehead atoms. The summed E-state index contributed by atoms with van der Waals surface area (Å²) >= 11 is 6.04. The van der Waals surface area contributed by atoms with Crippen LogP contribution >= 0.6 is 11.6 Å². The zero-order valence-electron chi connectivity index (χ0n) is 16.6. The summed E-state index contributed by atoms with van der Waals surface area (Å²) in [6, 6.07) is 8.99. The van der Waals surface area contributed by atoms with Gasteiger partial charge in [0, 0.05) is 6.20 Å². The maximum atomic E-state index is 12.6. The number of aryl methyl sites for hydroxylation is 1. The third-order valence-electron chi connectivity index (χ3n) is 4.08. The molecule has 0 saturated heterocycles. The van der Waals surface area contributed by atoms with E-state index in [0.29, 0.717) is 46.8 Å². The molecule has 0 aliphatic carbocycles. The van der Waals surface area contributed by atoms with Gasteiger partial charge < -0.3 is 9.47 Å². The van der Waals surface area contributed by atoms with Gasteiger partial charge in [-0.1, -0.05) is 18.5 Å². The quantitative estimate of drug-likeness (QED) is 0.441. The smallest absolute Gasteiger partial charge is 0.290 e. The molecule has 7 nitrogen and oxygen atoms in total. The molecule has 3 rings (SSSR count). The van der Waals surface area contributed by atoms with Gasteiger partial charge in [-0.2, -0.15) is 5.10 Å². The van der Waals surface area contributed by atoms with Crippen molar-refractivity contribution in [2.24, 2.45) is 5.10 Å². The summed E-state index contributed by atoms with van der Waals surface area (Å²) in [6.45, 7) is 6.86. The minimum absolute atomic E-state index is 0.374. The number of imidazole rings is 1. The van der Waals surface area contributed by atoms with Crippen molar-refractivity contribution in [3.05, 3.63) is 58.5 Å². The van der Waals surface area contributed by atoms with Crippen LogP contribution in [0.2, 0.25) is 5.02 Å². The number of rotatable bonds is 8. The predicted octanol–water partition coefficient (Wildman–Crippen LogP) is 4.25. The Balaban J connectivity index is 1.76. The predicted molar refractivity (Wildman–Crippen MR) is 113 cm³/mol. The summed E-state index contributed by atoms with van der Waals surface area (Å²) < 4.78 is 13.0. The topological polar surface area (TPSA) is 77.2 Å². The molecule has 2 aromatic heterocycles. The Morgan fingerprint density at radius 1 is 1.24 bits per heavy atom. The lowest BCUT2D eigenvalue weighted by molar-refractivity contribution is 0.0948. The molecule has 0 aliphatic heterocycles. The van der Waals surface area contributed by atoms with Crippen molar-refractivity contribution in [1.82, 2.24) is 14.8 Å². The summed E-state index contributed by atoms with van der Waals surface area (Å²) in [5.41, 5.74) is 4.94. The van der Waals surface area contributed by atoms with Crippen molar-refractivity contribution in [2.75, 3.05) is 13.2 Å². The normalized spacial score (nSPS) is 11.2. The third-order valence-corrected chi connectivity index (χ3v) is 4.30. The van der Waals surface area contributed by atoms with Crippen molar-refractivity contribution in [3.63, 3.8) is 0 Å². The number of nitrogens with zero attached hydrogens (tertiary/aromatic N) is 3. The van der Waals surface area contributed by atoms with Crippen LogP contribution in [-0.4, -0.2) is 34.7 Å². The number of aromatic nitrogens is 2. The van der Waals surface area contributed by atoms with E-state index in [-0.39, 0.29) is 5.91 Å². The van der Waals surface area contributed by atoms with Crippen LogP contribution in [0.15, 0.2) is 41.6 Å². The number of amides is 1. The first kappa shape index (κ1) is 20.7. The summed E-state index contributed by atoms with van der Waals surface area (Å²) in [7, 11) is 0. The van der Waals surface area contributed by atoms with Gasteiger partial charge in [-0.25, -0.2) is 10.4 Å². The van der Waals surface area contributed by atoms with Crippen LogP contribution in [-0.2, 0) is 0 Å². The van der Waals surface area contributed by atoms with Crippen LogP contribution in [0.25, 0.3) is 5.65 Å². The monoisotopic (exact) mass is 414 g/mol. The first-order chi connectivity index (χ1) is 14.0. The molecule has 152 valence electrons. The van der Waals surface area contributed by atoms with Crippen LogP contribution in [0.3, 0.4) is 0 Å². The standard InChI is InChI=1S/C21H23ClN4O3/c1-4-10-29-17-8-6-15(11-18(17)28-5-2)12-23-25-21(27)20-14(3)24-19-9-7-16(22)13-26(19)20/h6-9,11-13H,4-5,10H2,1-3H3,(H,25,27)/b23-12-. The van der Waals surface area contributed by atoms with Gasteiger partial charge >= 0.3 is 0 Å². The molecule has 29 heavy (non-hydrogen) atoms. The zero-order chi connectivity index (χ0) is 20.8. The number of carbonyl (C=O) groups is 1.